The highest BCUT2D eigenvalue weighted by molar-refractivity contribution is 7.03. The van der Waals surface area contributed by atoms with E-state index < -0.39 is 5.91 Å². The van der Waals surface area contributed by atoms with Gasteiger partial charge in [-0.05, 0) is 11.5 Å². The predicted octanol–water partition coefficient (Wildman–Crippen LogP) is -0.598. The number of primary amides is 1. The minimum Gasteiger partial charge on any atom is -0.453 e. The Morgan fingerprint density at radius 1 is 1.90 bits per heavy atom. The van der Waals surface area contributed by atoms with Crippen LogP contribution in [0.2, 0.25) is 0 Å². The second kappa shape index (κ2) is 3.11. The van der Waals surface area contributed by atoms with Crippen LogP contribution in [0.25, 0.3) is 0 Å². The zero-order valence-electron chi connectivity index (χ0n) is 4.98. The van der Waals surface area contributed by atoms with Crippen LogP contribution in [-0.4, -0.2) is 21.9 Å². The normalized spacial score (nSPS) is 9.20. The van der Waals surface area contributed by atoms with Crippen LogP contribution in [0.15, 0.2) is 5.51 Å². The smallest absolute Gasteiger partial charge is 0.328 e. The molecule has 0 radical (unpaired) electrons. The van der Waals surface area contributed by atoms with E-state index in [2.05, 4.69) is 9.36 Å². The van der Waals surface area contributed by atoms with E-state index in [1.165, 1.54) is 5.51 Å². The molecule has 1 amide bonds. The zero-order chi connectivity index (χ0) is 7.40. The number of nitrogens with two attached hydrogens (primary N) is 1. The standard InChI is InChI=1S/C4H5N3O2S/c5-3(8)1-9-4-6-2-10-7-4/h2H,1H2,(H2,5,8). The molecular formula is C4H5N3O2S. The van der Waals surface area contributed by atoms with Gasteiger partial charge in [0.1, 0.15) is 5.51 Å². The number of hydrogen-bond donors (Lipinski definition) is 1. The van der Waals surface area contributed by atoms with Crippen molar-refractivity contribution < 1.29 is 9.53 Å². The van der Waals surface area contributed by atoms with E-state index in [4.69, 9.17) is 10.5 Å². The maximum atomic E-state index is 10.1. The van der Waals surface area contributed by atoms with Crippen molar-refractivity contribution in [1.29, 1.82) is 0 Å². The van der Waals surface area contributed by atoms with E-state index in [1.807, 2.05) is 0 Å². The van der Waals surface area contributed by atoms with Gasteiger partial charge < -0.3 is 10.5 Å². The van der Waals surface area contributed by atoms with E-state index in [1.54, 1.807) is 0 Å². The van der Waals surface area contributed by atoms with Gasteiger partial charge in [-0.25, -0.2) is 0 Å². The molecule has 0 unspecified atom stereocenters. The fourth-order valence-electron chi connectivity index (χ4n) is 0.360. The Labute approximate surface area is 61.0 Å². The molecular weight excluding hydrogens is 154 g/mol. The number of ether oxygens (including phenoxy) is 1. The molecule has 1 aromatic rings. The molecule has 0 aromatic carbocycles. The van der Waals surface area contributed by atoms with Gasteiger partial charge in [0, 0.05) is 0 Å². The fraction of sp³-hybridized carbons (Fsp3) is 0.250. The maximum Gasteiger partial charge on any atom is 0.328 e. The first-order valence-corrected chi connectivity index (χ1v) is 3.30. The Hall–Kier alpha value is -1.17. The second-order valence-corrected chi connectivity index (χ2v) is 2.07. The van der Waals surface area contributed by atoms with Gasteiger partial charge in [0.25, 0.3) is 5.91 Å². The van der Waals surface area contributed by atoms with E-state index >= 15 is 0 Å². The molecule has 0 aliphatic rings. The topological polar surface area (TPSA) is 78.1 Å². The molecule has 0 spiro atoms. The first-order valence-electron chi connectivity index (χ1n) is 2.46. The number of aromatic nitrogens is 2. The number of nitrogens with zero attached hydrogens (tertiary/aromatic N) is 2. The third-order valence-corrected chi connectivity index (χ3v) is 1.15. The summed E-state index contributed by atoms with van der Waals surface area (Å²) in [6.45, 7) is -0.170. The number of carbonyl (C=O) groups excluding carboxylic acids is 1. The van der Waals surface area contributed by atoms with Gasteiger partial charge in [-0.1, -0.05) is 0 Å². The lowest BCUT2D eigenvalue weighted by Crippen LogP contribution is -2.20. The van der Waals surface area contributed by atoms with Crippen molar-refractivity contribution in [1.82, 2.24) is 9.36 Å². The summed E-state index contributed by atoms with van der Waals surface area (Å²) >= 11 is 1.15. The van der Waals surface area contributed by atoms with Gasteiger partial charge in [0.2, 0.25) is 0 Å². The molecule has 6 heteroatoms. The largest absolute Gasteiger partial charge is 0.453 e. The molecule has 0 aliphatic heterocycles. The molecule has 2 N–H and O–H groups in total. The summed E-state index contributed by atoms with van der Waals surface area (Å²) in [6.07, 6.45) is 0. The van der Waals surface area contributed by atoms with Crippen LogP contribution in [0.3, 0.4) is 0 Å². The molecule has 54 valence electrons. The molecule has 5 nitrogen and oxygen atoms in total. The SMILES string of the molecule is NC(=O)COc1ncsn1. The van der Waals surface area contributed by atoms with Gasteiger partial charge in [0.05, 0.1) is 0 Å². The number of carbonyl (C=O) groups is 1. The molecule has 0 aliphatic carbocycles. The first kappa shape index (κ1) is 6.94. The van der Waals surface area contributed by atoms with Crippen molar-refractivity contribution in [3.8, 4) is 6.01 Å². The van der Waals surface area contributed by atoms with Crippen molar-refractivity contribution >= 4 is 17.4 Å². The van der Waals surface area contributed by atoms with Crippen LogP contribution >= 0.6 is 11.5 Å². The second-order valence-electron chi connectivity index (χ2n) is 1.47. The van der Waals surface area contributed by atoms with E-state index in [9.17, 15) is 4.79 Å². The van der Waals surface area contributed by atoms with E-state index in [-0.39, 0.29) is 12.6 Å². The maximum absolute atomic E-state index is 10.1. The summed E-state index contributed by atoms with van der Waals surface area (Å²) in [6, 6.07) is 0.198. The molecule has 1 heterocycles. The molecule has 10 heavy (non-hydrogen) atoms. The predicted molar refractivity (Wildman–Crippen MR) is 34.6 cm³/mol. The van der Waals surface area contributed by atoms with E-state index in [0.29, 0.717) is 0 Å². The molecule has 1 aromatic heterocycles. The minimum atomic E-state index is -0.533. The van der Waals surface area contributed by atoms with Crippen LogP contribution in [0, 0.1) is 0 Å². The molecule has 1 rings (SSSR count). The molecule has 0 saturated heterocycles. The van der Waals surface area contributed by atoms with Gasteiger partial charge >= 0.3 is 6.01 Å². The third kappa shape index (κ3) is 1.98. The van der Waals surface area contributed by atoms with Crippen molar-refractivity contribution in [3.05, 3.63) is 5.51 Å². The lowest BCUT2D eigenvalue weighted by molar-refractivity contribution is -0.120. The van der Waals surface area contributed by atoms with Crippen LogP contribution in [0.5, 0.6) is 6.01 Å². The summed E-state index contributed by atoms with van der Waals surface area (Å²) in [4.78, 5) is 13.8. The molecule has 0 bridgehead atoms. The highest BCUT2D eigenvalue weighted by Crippen LogP contribution is 2.01. The van der Waals surface area contributed by atoms with Gasteiger partial charge in [-0.15, -0.1) is 4.37 Å². The summed E-state index contributed by atoms with van der Waals surface area (Å²) < 4.78 is 8.41. The van der Waals surface area contributed by atoms with Crippen LogP contribution in [-0.2, 0) is 4.79 Å². The lowest BCUT2D eigenvalue weighted by Gasteiger charge is -1.93. The molecule has 0 fully saturated rings. The molecule has 0 saturated carbocycles. The van der Waals surface area contributed by atoms with Crippen molar-refractivity contribution in [2.24, 2.45) is 5.73 Å². The summed E-state index contributed by atoms with van der Waals surface area (Å²) in [5, 5.41) is 0. The van der Waals surface area contributed by atoms with Crippen molar-refractivity contribution in [3.63, 3.8) is 0 Å². The number of amides is 1. The monoisotopic (exact) mass is 159 g/mol. The summed E-state index contributed by atoms with van der Waals surface area (Å²) in [7, 11) is 0. The fourth-order valence-corrected chi connectivity index (χ4v) is 0.735. The van der Waals surface area contributed by atoms with Crippen LogP contribution in [0.4, 0.5) is 0 Å². The highest BCUT2D eigenvalue weighted by atomic mass is 32.1. The van der Waals surface area contributed by atoms with Crippen molar-refractivity contribution in [2.45, 2.75) is 0 Å². The Balaban J connectivity index is 2.35. The Morgan fingerprint density at radius 2 is 2.70 bits per heavy atom. The average molecular weight is 159 g/mol. The minimum absolute atomic E-state index is 0.170. The Morgan fingerprint density at radius 3 is 3.20 bits per heavy atom. The highest BCUT2D eigenvalue weighted by Gasteiger charge is 1.98. The Kier molecular flexibility index (Phi) is 2.16. The van der Waals surface area contributed by atoms with Gasteiger partial charge in [-0.2, -0.15) is 4.98 Å². The van der Waals surface area contributed by atoms with Gasteiger partial charge in [-0.3, -0.25) is 4.79 Å². The number of rotatable bonds is 3. The zero-order valence-corrected chi connectivity index (χ0v) is 5.80. The third-order valence-electron chi connectivity index (χ3n) is 0.685. The lowest BCUT2D eigenvalue weighted by atomic mass is 10.7. The number of hydrogen-bond acceptors (Lipinski definition) is 5. The van der Waals surface area contributed by atoms with Gasteiger partial charge in [0.15, 0.2) is 6.61 Å². The van der Waals surface area contributed by atoms with Crippen LogP contribution in [0.1, 0.15) is 0 Å². The summed E-state index contributed by atoms with van der Waals surface area (Å²) in [5.41, 5.74) is 6.30. The van der Waals surface area contributed by atoms with E-state index in [0.717, 1.165) is 11.5 Å². The Bertz CT molecular complexity index is 210. The first-order chi connectivity index (χ1) is 4.79. The summed E-state index contributed by atoms with van der Waals surface area (Å²) in [5.74, 6) is -0.533. The van der Waals surface area contributed by atoms with Crippen molar-refractivity contribution in [2.75, 3.05) is 6.61 Å². The molecule has 0 atom stereocenters. The average Bonchev–Trinajstić information content (AvgIpc) is 2.34. The quantitative estimate of drug-likeness (QED) is 0.638. The van der Waals surface area contributed by atoms with Crippen LogP contribution < -0.4 is 10.5 Å².